The van der Waals surface area contributed by atoms with Gasteiger partial charge in [0.05, 0.1) is 4.90 Å². The van der Waals surface area contributed by atoms with Crippen molar-refractivity contribution in [2.24, 2.45) is 0 Å². The van der Waals surface area contributed by atoms with Crippen LogP contribution in [0.5, 0.6) is 0 Å². The Morgan fingerprint density at radius 3 is 2.60 bits per heavy atom. The van der Waals surface area contributed by atoms with Crippen LogP contribution < -0.4 is 10.6 Å². The van der Waals surface area contributed by atoms with Crippen LogP contribution in [0.4, 0.5) is 10.5 Å². The number of amides is 2. The summed E-state index contributed by atoms with van der Waals surface area (Å²) < 4.78 is 25.8. The molecule has 0 fully saturated rings. The lowest BCUT2D eigenvalue weighted by molar-refractivity contribution is 0.251. The van der Waals surface area contributed by atoms with Gasteiger partial charge in [-0.25, -0.2) is 13.2 Å². The third-order valence-electron chi connectivity index (χ3n) is 3.38. The van der Waals surface area contributed by atoms with Gasteiger partial charge < -0.3 is 10.6 Å². The highest BCUT2D eigenvalue weighted by atomic mass is 32.2. The van der Waals surface area contributed by atoms with Crippen LogP contribution in [0.25, 0.3) is 0 Å². The number of sulfonamides is 1. The average Bonchev–Trinajstić information content (AvgIpc) is 2.61. The number of pyridine rings is 1. The third kappa shape index (κ3) is 5.13. The molecular weight excluding hydrogens is 340 g/mol. The van der Waals surface area contributed by atoms with Crippen molar-refractivity contribution in [2.75, 3.05) is 18.9 Å². The van der Waals surface area contributed by atoms with E-state index in [2.05, 4.69) is 22.2 Å². The number of rotatable bonds is 7. The predicted octanol–water partition coefficient (Wildman–Crippen LogP) is 2.21. The van der Waals surface area contributed by atoms with Crippen LogP contribution in [0.15, 0.2) is 66.3 Å². The number of aromatic nitrogens is 1. The minimum absolute atomic E-state index is 0.151. The highest BCUT2D eigenvalue weighted by molar-refractivity contribution is 7.89. The minimum atomic E-state index is -3.57. The summed E-state index contributed by atoms with van der Waals surface area (Å²) >= 11 is 0. The molecule has 0 bridgehead atoms. The molecule has 2 amide bonds. The van der Waals surface area contributed by atoms with E-state index < -0.39 is 10.0 Å². The molecule has 132 valence electrons. The maximum atomic E-state index is 12.3. The number of anilines is 1. The summed E-state index contributed by atoms with van der Waals surface area (Å²) in [5.74, 6) is 0. The number of hydrogen-bond donors (Lipinski definition) is 2. The Kier molecular flexibility index (Phi) is 6.26. The van der Waals surface area contributed by atoms with Crippen LogP contribution in [0.2, 0.25) is 0 Å². The number of benzene rings is 1. The Labute approximate surface area is 147 Å². The van der Waals surface area contributed by atoms with E-state index in [1.165, 1.54) is 41.7 Å². The van der Waals surface area contributed by atoms with Crippen LogP contribution in [-0.2, 0) is 16.6 Å². The van der Waals surface area contributed by atoms with E-state index in [1.807, 2.05) is 6.07 Å². The van der Waals surface area contributed by atoms with Crippen molar-refractivity contribution in [3.05, 3.63) is 67.0 Å². The number of nitrogens with one attached hydrogen (secondary N) is 2. The standard InChI is InChI=1S/C17H20N4O3S/c1-3-11-21(2)25(23,24)16-8-6-15(7-9-16)20-17(22)19-13-14-5-4-10-18-12-14/h3-10,12H,1,11,13H2,2H3,(H2,19,20,22). The number of nitrogens with zero attached hydrogens (tertiary/aromatic N) is 2. The van der Waals surface area contributed by atoms with Gasteiger partial charge in [0.25, 0.3) is 0 Å². The normalized spacial score (nSPS) is 11.1. The van der Waals surface area contributed by atoms with Gasteiger partial charge in [-0.3, -0.25) is 4.98 Å². The fraction of sp³-hybridized carbons (Fsp3) is 0.176. The first-order valence-corrected chi connectivity index (χ1v) is 8.98. The second-order valence-corrected chi connectivity index (χ2v) is 7.31. The second kappa shape index (κ2) is 8.41. The molecule has 2 N–H and O–H groups in total. The smallest absolute Gasteiger partial charge is 0.319 e. The van der Waals surface area contributed by atoms with Crippen molar-refractivity contribution in [1.82, 2.24) is 14.6 Å². The molecule has 0 aliphatic rings. The Morgan fingerprint density at radius 1 is 1.28 bits per heavy atom. The Hall–Kier alpha value is -2.71. The quantitative estimate of drug-likeness (QED) is 0.741. The number of carbonyl (C=O) groups is 1. The molecule has 0 aliphatic carbocycles. The summed E-state index contributed by atoms with van der Waals surface area (Å²) in [6.07, 6.45) is 4.84. The summed E-state index contributed by atoms with van der Waals surface area (Å²) in [5, 5.41) is 5.35. The van der Waals surface area contributed by atoms with Gasteiger partial charge >= 0.3 is 6.03 Å². The fourth-order valence-corrected chi connectivity index (χ4v) is 3.17. The zero-order valence-electron chi connectivity index (χ0n) is 13.8. The molecule has 0 saturated heterocycles. The van der Waals surface area contributed by atoms with Gasteiger partial charge in [0, 0.05) is 38.2 Å². The summed E-state index contributed by atoms with van der Waals surface area (Å²) in [5.41, 5.74) is 1.37. The third-order valence-corrected chi connectivity index (χ3v) is 5.22. The van der Waals surface area contributed by atoms with Crippen molar-refractivity contribution < 1.29 is 13.2 Å². The first-order chi connectivity index (χ1) is 11.9. The van der Waals surface area contributed by atoms with E-state index in [-0.39, 0.29) is 17.5 Å². The molecule has 0 atom stereocenters. The largest absolute Gasteiger partial charge is 0.334 e. The van der Waals surface area contributed by atoms with Gasteiger partial charge in [0.15, 0.2) is 0 Å². The van der Waals surface area contributed by atoms with Gasteiger partial charge in [0.2, 0.25) is 10.0 Å². The topological polar surface area (TPSA) is 91.4 Å². The van der Waals surface area contributed by atoms with Crippen LogP contribution in [-0.4, -0.2) is 37.3 Å². The van der Waals surface area contributed by atoms with Crippen molar-refractivity contribution in [2.45, 2.75) is 11.4 Å². The molecule has 0 aliphatic heterocycles. The van der Waals surface area contributed by atoms with Crippen LogP contribution in [0.1, 0.15) is 5.56 Å². The predicted molar refractivity (Wildman–Crippen MR) is 96.6 cm³/mol. The summed E-state index contributed by atoms with van der Waals surface area (Å²) in [7, 11) is -2.08. The van der Waals surface area contributed by atoms with Crippen LogP contribution in [0.3, 0.4) is 0 Å². The molecule has 0 saturated carbocycles. The molecule has 0 radical (unpaired) electrons. The van der Waals surface area contributed by atoms with E-state index in [0.29, 0.717) is 12.2 Å². The molecule has 1 aromatic heterocycles. The molecule has 25 heavy (non-hydrogen) atoms. The molecule has 0 unspecified atom stereocenters. The lowest BCUT2D eigenvalue weighted by Gasteiger charge is -2.15. The maximum absolute atomic E-state index is 12.3. The monoisotopic (exact) mass is 360 g/mol. The summed E-state index contributed by atoms with van der Waals surface area (Å²) in [4.78, 5) is 16.0. The summed E-state index contributed by atoms with van der Waals surface area (Å²) in [6.45, 7) is 4.10. The van der Waals surface area contributed by atoms with Gasteiger partial charge in [0.1, 0.15) is 0 Å². The first kappa shape index (κ1) is 18.6. The van der Waals surface area contributed by atoms with E-state index in [1.54, 1.807) is 18.5 Å². The highest BCUT2D eigenvalue weighted by Crippen LogP contribution is 2.17. The van der Waals surface area contributed by atoms with Crippen LogP contribution >= 0.6 is 0 Å². The maximum Gasteiger partial charge on any atom is 0.319 e. The Morgan fingerprint density at radius 2 is 2.00 bits per heavy atom. The van der Waals surface area contributed by atoms with Crippen LogP contribution in [0, 0.1) is 0 Å². The first-order valence-electron chi connectivity index (χ1n) is 7.54. The van der Waals surface area contributed by atoms with E-state index >= 15 is 0 Å². The zero-order valence-corrected chi connectivity index (χ0v) is 14.7. The van der Waals surface area contributed by atoms with E-state index in [0.717, 1.165) is 5.56 Å². The molecule has 1 heterocycles. The zero-order chi connectivity index (χ0) is 18.3. The lowest BCUT2D eigenvalue weighted by atomic mass is 10.3. The fourth-order valence-electron chi connectivity index (χ4n) is 2.03. The molecule has 7 nitrogen and oxygen atoms in total. The molecule has 2 rings (SSSR count). The van der Waals surface area contributed by atoms with E-state index in [4.69, 9.17) is 0 Å². The number of likely N-dealkylation sites (N-methyl/N-ethyl adjacent to an activating group) is 1. The minimum Gasteiger partial charge on any atom is -0.334 e. The number of hydrogen-bond acceptors (Lipinski definition) is 4. The lowest BCUT2D eigenvalue weighted by Crippen LogP contribution is -2.28. The van der Waals surface area contributed by atoms with Crippen molar-refractivity contribution in [1.29, 1.82) is 0 Å². The number of carbonyl (C=O) groups excluding carboxylic acids is 1. The van der Waals surface area contributed by atoms with Gasteiger partial charge in [-0.2, -0.15) is 4.31 Å². The second-order valence-electron chi connectivity index (χ2n) is 5.27. The molecule has 1 aromatic carbocycles. The van der Waals surface area contributed by atoms with Gasteiger partial charge in [-0.1, -0.05) is 12.1 Å². The van der Waals surface area contributed by atoms with Gasteiger partial charge in [-0.05, 0) is 35.9 Å². The molecule has 2 aromatic rings. The molecule has 8 heteroatoms. The SMILES string of the molecule is C=CCN(C)S(=O)(=O)c1ccc(NC(=O)NCc2cccnc2)cc1. The van der Waals surface area contributed by atoms with Crippen molar-refractivity contribution in [3.8, 4) is 0 Å². The molecular formula is C17H20N4O3S. The average molecular weight is 360 g/mol. The summed E-state index contributed by atoms with van der Waals surface area (Å²) in [6, 6.07) is 9.24. The van der Waals surface area contributed by atoms with Gasteiger partial charge in [-0.15, -0.1) is 6.58 Å². The van der Waals surface area contributed by atoms with Crippen molar-refractivity contribution >= 4 is 21.7 Å². The van der Waals surface area contributed by atoms with Crippen molar-refractivity contribution in [3.63, 3.8) is 0 Å². The number of urea groups is 1. The Balaban J connectivity index is 1.95. The highest BCUT2D eigenvalue weighted by Gasteiger charge is 2.19. The Bertz CT molecular complexity index is 821. The molecule has 0 spiro atoms. The van der Waals surface area contributed by atoms with E-state index in [9.17, 15) is 13.2 Å².